The van der Waals surface area contributed by atoms with Gasteiger partial charge in [-0.15, -0.1) is 0 Å². The molecular weight excluding hydrogens is 333 g/mol. The van der Waals surface area contributed by atoms with E-state index >= 15 is 0 Å². The van der Waals surface area contributed by atoms with Crippen LogP contribution >= 0.6 is 15.9 Å². The summed E-state index contributed by atoms with van der Waals surface area (Å²) in [6.07, 6.45) is -1.70. The monoisotopic (exact) mass is 352 g/mol. The van der Waals surface area contributed by atoms with Gasteiger partial charge in [-0.05, 0) is 36.1 Å². The first-order valence-corrected chi connectivity index (χ1v) is 7.37. The van der Waals surface area contributed by atoms with E-state index in [4.69, 9.17) is 5.84 Å². The van der Waals surface area contributed by atoms with Crippen LogP contribution in [0.5, 0.6) is 0 Å². The number of rotatable bonds is 6. The SMILES string of the molecule is CC(C)CCCC(NN)c1cc(C(F)(F)F)ccc1Br. The van der Waals surface area contributed by atoms with Gasteiger partial charge >= 0.3 is 6.18 Å². The van der Waals surface area contributed by atoms with E-state index in [1.165, 1.54) is 6.07 Å². The van der Waals surface area contributed by atoms with Gasteiger partial charge in [0.05, 0.1) is 5.56 Å². The van der Waals surface area contributed by atoms with Crippen molar-refractivity contribution >= 4 is 15.9 Å². The van der Waals surface area contributed by atoms with Crippen molar-refractivity contribution in [1.82, 2.24) is 5.43 Å². The Bertz CT molecular complexity index is 433. The average molecular weight is 353 g/mol. The number of benzene rings is 1. The van der Waals surface area contributed by atoms with Gasteiger partial charge in [0, 0.05) is 10.5 Å². The van der Waals surface area contributed by atoms with E-state index in [2.05, 4.69) is 35.2 Å². The first kappa shape index (κ1) is 17.5. The minimum atomic E-state index is -4.34. The van der Waals surface area contributed by atoms with Crippen molar-refractivity contribution in [3.63, 3.8) is 0 Å². The fourth-order valence-corrected chi connectivity index (χ4v) is 2.57. The van der Waals surface area contributed by atoms with Gasteiger partial charge in [-0.3, -0.25) is 11.3 Å². The van der Waals surface area contributed by atoms with Gasteiger partial charge in [-0.2, -0.15) is 13.2 Å². The van der Waals surface area contributed by atoms with Crippen molar-refractivity contribution in [2.24, 2.45) is 11.8 Å². The lowest BCUT2D eigenvalue weighted by Gasteiger charge is -2.20. The van der Waals surface area contributed by atoms with Crippen LogP contribution in [0, 0.1) is 5.92 Å². The zero-order valence-electron chi connectivity index (χ0n) is 11.6. The largest absolute Gasteiger partial charge is 0.416 e. The molecule has 0 aliphatic carbocycles. The van der Waals surface area contributed by atoms with Gasteiger partial charge in [-0.25, -0.2) is 0 Å². The van der Waals surface area contributed by atoms with Crippen molar-refractivity contribution in [2.75, 3.05) is 0 Å². The third-order valence-electron chi connectivity index (χ3n) is 3.17. The lowest BCUT2D eigenvalue weighted by molar-refractivity contribution is -0.137. The molecule has 0 spiro atoms. The second kappa shape index (κ2) is 7.43. The summed E-state index contributed by atoms with van der Waals surface area (Å²) in [5.41, 5.74) is 2.51. The molecule has 0 heterocycles. The van der Waals surface area contributed by atoms with Crippen molar-refractivity contribution in [2.45, 2.75) is 45.3 Å². The Hall–Kier alpha value is -0.590. The Balaban J connectivity index is 2.91. The number of nitrogens with one attached hydrogen (secondary N) is 1. The molecule has 0 aliphatic rings. The molecule has 0 radical (unpaired) electrons. The van der Waals surface area contributed by atoms with Crippen molar-refractivity contribution in [3.05, 3.63) is 33.8 Å². The molecule has 1 aromatic rings. The summed E-state index contributed by atoms with van der Waals surface area (Å²) in [7, 11) is 0. The van der Waals surface area contributed by atoms with E-state index in [0.29, 0.717) is 22.4 Å². The third-order valence-corrected chi connectivity index (χ3v) is 3.90. The summed E-state index contributed by atoms with van der Waals surface area (Å²) in [5, 5.41) is 0. The van der Waals surface area contributed by atoms with Crippen LogP contribution in [0.1, 0.15) is 50.3 Å². The van der Waals surface area contributed by atoms with Crippen LogP contribution < -0.4 is 11.3 Å². The molecule has 1 aromatic carbocycles. The number of nitrogens with two attached hydrogens (primary N) is 1. The predicted octanol–water partition coefficient (Wildman–Crippen LogP) is 4.80. The molecular formula is C14H20BrF3N2. The minimum Gasteiger partial charge on any atom is -0.271 e. The van der Waals surface area contributed by atoms with E-state index < -0.39 is 11.7 Å². The van der Waals surface area contributed by atoms with E-state index in [1.807, 2.05) is 0 Å². The standard InChI is InChI=1S/C14H20BrF3N2/c1-9(2)4-3-5-13(20-19)11-8-10(14(16,17)18)6-7-12(11)15/h6-9,13,20H,3-5,19H2,1-2H3. The van der Waals surface area contributed by atoms with E-state index in [1.54, 1.807) is 0 Å². The van der Waals surface area contributed by atoms with Crippen molar-refractivity contribution in [1.29, 1.82) is 0 Å². The highest BCUT2D eigenvalue weighted by Crippen LogP contribution is 2.35. The first-order valence-electron chi connectivity index (χ1n) is 6.58. The first-order chi connectivity index (χ1) is 9.25. The summed E-state index contributed by atoms with van der Waals surface area (Å²) in [6.45, 7) is 4.23. The highest BCUT2D eigenvalue weighted by atomic mass is 79.9. The van der Waals surface area contributed by atoms with Crippen LogP contribution in [0.25, 0.3) is 0 Å². The van der Waals surface area contributed by atoms with Gasteiger partial charge in [0.15, 0.2) is 0 Å². The molecule has 6 heteroatoms. The normalized spacial score (nSPS) is 13.8. The zero-order chi connectivity index (χ0) is 15.3. The maximum atomic E-state index is 12.8. The summed E-state index contributed by atoms with van der Waals surface area (Å²) >= 11 is 3.30. The number of hydrazine groups is 1. The Morgan fingerprint density at radius 3 is 2.40 bits per heavy atom. The highest BCUT2D eigenvalue weighted by Gasteiger charge is 2.31. The van der Waals surface area contributed by atoms with Crippen LogP contribution in [0.15, 0.2) is 22.7 Å². The predicted molar refractivity (Wildman–Crippen MR) is 77.9 cm³/mol. The molecule has 0 aromatic heterocycles. The van der Waals surface area contributed by atoms with Crippen LogP contribution in [0.2, 0.25) is 0 Å². The molecule has 0 aliphatic heterocycles. The molecule has 2 nitrogen and oxygen atoms in total. The fraction of sp³-hybridized carbons (Fsp3) is 0.571. The molecule has 1 rings (SSSR count). The second-order valence-corrected chi connectivity index (χ2v) is 6.13. The van der Waals surface area contributed by atoms with Gasteiger partial charge < -0.3 is 0 Å². The summed E-state index contributed by atoms with van der Waals surface area (Å²) < 4.78 is 38.9. The number of hydrogen-bond acceptors (Lipinski definition) is 2. The highest BCUT2D eigenvalue weighted by molar-refractivity contribution is 9.10. The Morgan fingerprint density at radius 1 is 1.25 bits per heavy atom. The third kappa shape index (κ3) is 5.07. The van der Waals surface area contributed by atoms with Gasteiger partial charge in [0.1, 0.15) is 0 Å². The van der Waals surface area contributed by atoms with Gasteiger partial charge in [-0.1, -0.05) is 42.6 Å². The zero-order valence-corrected chi connectivity index (χ0v) is 13.2. The van der Waals surface area contributed by atoms with Crippen LogP contribution in [-0.2, 0) is 6.18 Å². The maximum absolute atomic E-state index is 12.8. The van der Waals surface area contributed by atoms with E-state index in [9.17, 15) is 13.2 Å². The quantitative estimate of drug-likeness (QED) is 0.570. The average Bonchev–Trinajstić information content (AvgIpc) is 2.34. The molecule has 0 amide bonds. The molecule has 114 valence electrons. The lowest BCUT2D eigenvalue weighted by Crippen LogP contribution is -2.28. The number of hydrogen-bond donors (Lipinski definition) is 2. The molecule has 0 bridgehead atoms. The molecule has 0 saturated carbocycles. The van der Waals surface area contributed by atoms with Crippen LogP contribution in [0.3, 0.4) is 0 Å². The summed E-state index contributed by atoms with van der Waals surface area (Å²) in [5.74, 6) is 6.07. The van der Waals surface area contributed by atoms with Crippen LogP contribution in [0.4, 0.5) is 13.2 Å². The Morgan fingerprint density at radius 2 is 1.90 bits per heavy atom. The second-order valence-electron chi connectivity index (χ2n) is 5.28. The molecule has 1 unspecified atom stereocenters. The molecule has 20 heavy (non-hydrogen) atoms. The van der Waals surface area contributed by atoms with Crippen LogP contribution in [-0.4, -0.2) is 0 Å². The summed E-state index contributed by atoms with van der Waals surface area (Å²) in [6, 6.07) is 3.36. The summed E-state index contributed by atoms with van der Waals surface area (Å²) in [4.78, 5) is 0. The topological polar surface area (TPSA) is 38.0 Å². The van der Waals surface area contributed by atoms with Gasteiger partial charge in [0.25, 0.3) is 0 Å². The fourth-order valence-electron chi connectivity index (χ4n) is 2.05. The lowest BCUT2D eigenvalue weighted by atomic mass is 9.97. The molecule has 1 atom stereocenters. The van der Waals surface area contributed by atoms with Crippen molar-refractivity contribution in [3.8, 4) is 0 Å². The Kier molecular flexibility index (Phi) is 6.48. The smallest absolute Gasteiger partial charge is 0.271 e. The maximum Gasteiger partial charge on any atom is 0.416 e. The van der Waals surface area contributed by atoms with Crippen molar-refractivity contribution < 1.29 is 13.2 Å². The number of alkyl halides is 3. The molecule has 0 fully saturated rings. The van der Waals surface area contributed by atoms with E-state index in [-0.39, 0.29) is 6.04 Å². The minimum absolute atomic E-state index is 0.287. The number of halogens is 4. The van der Waals surface area contributed by atoms with E-state index in [0.717, 1.165) is 25.0 Å². The van der Waals surface area contributed by atoms with Gasteiger partial charge in [0.2, 0.25) is 0 Å². The molecule has 0 saturated heterocycles. The molecule has 3 N–H and O–H groups in total. The Labute approximate surface area is 126 Å².